The molecule has 1 aliphatic rings. The van der Waals surface area contributed by atoms with Gasteiger partial charge >= 0.3 is 0 Å². The van der Waals surface area contributed by atoms with Crippen molar-refractivity contribution in [2.45, 2.75) is 53.0 Å². The molecule has 0 fully saturated rings. The van der Waals surface area contributed by atoms with Gasteiger partial charge in [-0.1, -0.05) is 13.8 Å². The highest BCUT2D eigenvalue weighted by atomic mass is 16.1. The van der Waals surface area contributed by atoms with Crippen molar-refractivity contribution >= 4 is 17.8 Å². The van der Waals surface area contributed by atoms with Crippen LogP contribution in [0.15, 0.2) is 0 Å². The lowest BCUT2D eigenvalue weighted by Gasteiger charge is -2.28. The van der Waals surface area contributed by atoms with Crippen molar-refractivity contribution in [1.29, 1.82) is 0 Å². The monoisotopic (exact) mass is 286 g/mol. The van der Waals surface area contributed by atoms with E-state index in [1.165, 1.54) is 5.56 Å². The van der Waals surface area contributed by atoms with Gasteiger partial charge in [0.05, 0.1) is 11.3 Å². The minimum absolute atomic E-state index is 0.514. The molecule has 0 saturated heterocycles. The smallest absolute Gasteiger partial charge is 0.168 e. The molecule has 0 atom stereocenters. The summed E-state index contributed by atoms with van der Waals surface area (Å²) in [4.78, 5) is 18.4. The first kappa shape index (κ1) is 14.0. The van der Waals surface area contributed by atoms with Crippen LogP contribution in [0.4, 0.5) is 5.82 Å². The first-order valence-corrected chi connectivity index (χ1v) is 7.72. The molecule has 2 aromatic heterocycles. The Hall–Kier alpha value is -1.91. The fourth-order valence-corrected chi connectivity index (χ4v) is 3.45. The third-order valence-electron chi connectivity index (χ3n) is 4.64. The zero-order valence-electron chi connectivity index (χ0n) is 13.2. The molecule has 0 radical (unpaired) electrons. The maximum absolute atomic E-state index is 11.3. The highest BCUT2D eigenvalue weighted by Gasteiger charge is 2.30. The Labute approximate surface area is 125 Å². The summed E-state index contributed by atoms with van der Waals surface area (Å²) in [7, 11) is 0. The van der Waals surface area contributed by atoms with Gasteiger partial charge in [-0.15, -0.1) is 0 Å². The largest absolute Gasteiger partial charge is 0.353 e. The molecule has 2 aromatic rings. The number of aryl methyl sites for hydroxylation is 2. The van der Waals surface area contributed by atoms with Crippen molar-refractivity contribution < 1.29 is 4.79 Å². The summed E-state index contributed by atoms with van der Waals surface area (Å²) in [5.74, 6) is 1.14. The molecule has 1 aliphatic heterocycles. The van der Waals surface area contributed by atoms with Crippen molar-refractivity contribution in [2.24, 2.45) is 0 Å². The zero-order chi connectivity index (χ0) is 15.1. The van der Waals surface area contributed by atoms with E-state index >= 15 is 0 Å². The van der Waals surface area contributed by atoms with Crippen molar-refractivity contribution in [3.8, 4) is 0 Å². The van der Waals surface area contributed by atoms with Gasteiger partial charge in [0.25, 0.3) is 0 Å². The minimum atomic E-state index is 0.514. The normalized spacial score (nSPS) is 14.2. The number of carbonyl (C=O) groups is 1. The van der Waals surface area contributed by atoms with Gasteiger partial charge in [0, 0.05) is 23.8 Å². The van der Waals surface area contributed by atoms with Gasteiger partial charge < -0.3 is 4.90 Å². The number of rotatable bonds is 4. The number of hydrogen-bond acceptors (Lipinski definition) is 4. The molecule has 3 heterocycles. The standard InChI is InChI=1S/C16H22N4O/c1-5-12(6-2)19-8-7-13-10(3)17-15-14(9-21)11(4)18-20(15)16(13)19/h9,12H,5-8H2,1-4H3. The van der Waals surface area contributed by atoms with Crippen LogP contribution in [0.5, 0.6) is 0 Å². The molecular weight excluding hydrogens is 264 g/mol. The minimum Gasteiger partial charge on any atom is -0.353 e. The molecule has 5 nitrogen and oxygen atoms in total. The second kappa shape index (κ2) is 5.13. The van der Waals surface area contributed by atoms with E-state index in [9.17, 15) is 4.79 Å². The molecular formula is C16H22N4O. The number of aromatic nitrogens is 3. The van der Waals surface area contributed by atoms with E-state index in [0.717, 1.165) is 49.3 Å². The Bertz CT molecular complexity index is 700. The number of aldehydes is 1. The van der Waals surface area contributed by atoms with Crippen LogP contribution in [0.1, 0.15) is 54.0 Å². The molecule has 112 valence electrons. The molecule has 0 aliphatic carbocycles. The summed E-state index contributed by atoms with van der Waals surface area (Å²) in [6.45, 7) is 9.37. The van der Waals surface area contributed by atoms with Crippen LogP contribution in [0.2, 0.25) is 0 Å². The second-order valence-electron chi connectivity index (χ2n) is 5.77. The SMILES string of the molecule is CCC(CC)N1CCc2c(C)nc3c(C=O)c(C)nn3c21. The lowest BCUT2D eigenvalue weighted by Crippen LogP contribution is -2.34. The third-order valence-corrected chi connectivity index (χ3v) is 4.64. The maximum atomic E-state index is 11.3. The summed E-state index contributed by atoms with van der Waals surface area (Å²) >= 11 is 0. The molecule has 0 aromatic carbocycles. The predicted molar refractivity (Wildman–Crippen MR) is 83.3 cm³/mol. The van der Waals surface area contributed by atoms with Gasteiger partial charge in [0.15, 0.2) is 11.9 Å². The summed E-state index contributed by atoms with van der Waals surface area (Å²) in [5, 5.41) is 4.58. The van der Waals surface area contributed by atoms with Gasteiger partial charge in [0.1, 0.15) is 5.82 Å². The molecule has 21 heavy (non-hydrogen) atoms. The maximum Gasteiger partial charge on any atom is 0.168 e. The van der Waals surface area contributed by atoms with Crippen molar-refractivity contribution in [1.82, 2.24) is 14.6 Å². The average Bonchev–Trinajstić information content (AvgIpc) is 3.02. The fraction of sp³-hybridized carbons (Fsp3) is 0.562. The Morgan fingerprint density at radius 3 is 2.57 bits per heavy atom. The van der Waals surface area contributed by atoms with Gasteiger partial charge in [-0.05, 0) is 33.1 Å². The average molecular weight is 286 g/mol. The number of hydrogen-bond donors (Lipinski definition) is 0. The zero-order valence-corrected chi connectivity index (χ0v) is 13.2. The molecule has 0 amide bonds. The molecule has 3 rings (SSSR count). The summed E-state index contributed by atoms with van der Waals surface area (Å²) in [6.07, 6.45) is 4.10. The number of fused-ring (bicyclic) bond motifs is 3. The highest BCUT2D eigenvalue weighted by molar-refractivity contribution is 5.86. The van der Waals surface area contributed by atoms with E-state index in [1.807, 2.05) is 18.4 Å². The van der Waals surface area contributed by atoms with Crippen LogP contribution >= 0.6 is 0 Å². The fourth-order valence-electron chi connectivity index (χ4n) is 3.45. The van der Waals surface area contributed by atoms with Crippen molar-refractivity contribution in [3.05, 3.63) is 22.5 Å². The molecule has 0 N–H and O–H groups in total. The lowest BCUT2D eigenvalue weighted by molar-refractivity contribution is 0.112. The Kier molecular flexibility index (Phi) is 3.43. The van der Waals surface area contributed by atoms with Crippen LogP contribution in [0, 0.1) is 13.8 Å². The van der Waals surface area contributed by atoms with Crippen LogP contribution < -0.4 is 4.90 Å². The Balaban J connectivity index is 2.28. The molecule has 0 bridgehead atoms. The van der Waals surface area contributed by atoms with Gasteiger partial charge in [-0.3, -0.25) is 4.79 Å². The van der Waals surface area contributed by atoms with E-state index in [4.69, 9.17) is 0 Å². The topological polar surface area (TPSA) is 50.5 Å². The van der Waals surface area contributed by atoms with E-state index in [-0.39, 0.29) is 0 Å². The van der Waals surface area contributed by atoms with Crippen LogP contribution in [-0.2, 0) is 6.42 Å². The molecule has 0 saturated carbocycles. The van der Waals surface area contributed by atoms with Crippen LogP contribution in [0.3, 0.4) is 0 Å². The van der Waals surface area contributed by atoms with E-state index < -0.39 is 0 Å². The van der Waals surface area contributed by atoms with Gasteiger partial charge in [0.2, 0.25) is 0 Å². The van der Waals surface area contributed by atoms with Gasteiger partial charge in [-0.2, -0.15) is 9.61 Å². The van der Waals surface area contributed by atoms with Gasteiger partial charge in [-0.25, -0.2) is 4.98 Å². The first-order chi connectivity index (χ1) is 10.1. The van der Waals surface area contributed by atoms with Crippen molar-refractivity contribution in [3.63, 3.8) is 0 Å². The molecule has 0 unspecified atom stereocenters. The summed E-state index contributed by atoms with van der Waals surface area (Å²) in [6, 6.07) is 0.514. The quantitative estimate of drug-likeness (QED) is 0.811. The first-order valence-electron chi connectivity index (χ1n) is 7.72. The van der Waals surface area contributed by atoms with E-state index in [2.05, 4.69) is 28.8 Å². The van der Waals surface area contributed by atoms with Crippen LogP contribution in [0.25, 0.3) is 5.65 Å². The third kappa shape index (κ3) is 1.94. The Morgan fingerprint density at radius 1 is 1.24 bits per heavy atom. The predicted octanol–water partition coefficient (Wildman–Crippen LogP) is 2.71. The number of nitrogens with zero attached hydrogens (tertiary/aromatic N) is 4. The van der Waals surface area contributed by atoms with E-state index in [1.54, 1.807) is 0 Å². The van der Waals surface area contributed by atoms with E-state index in [0.29, 0.717) is 17.3 Å². The Morgan fingerprint density at radius 2 is 1.95 bits per heavy atom. The summed E-state index contributed by atoms with van der Waals surface area (Å²) < 4.78 is 1.88. The molecule has 5 heteroatoms. The second-order valence-corrected chi connectivity index (χ2v) is 5.77. The summed E-state index contributed by atoms with van der Waals surface area (Å²) in [5.41, 5.74) is 4.35. The van der Waals surface area contributed by atoms with Crippen molar-refractivity contribution in [2.75, 3.05) is 11.4 Å². The molecule has 0 spiro atoms. The number of anilines is 1. The highest BCUT2D eigenvalue weighted by Crippen LogP contribution is 2.34. The van der Waals surface area contributed by atoms with Crippen LogP contribution in [-0.4, -0.2) is 33.5 Å². The lowest BCUT2D eigenvalue weighted by atomic mass is 10.1. The number of carbonyl (C=O) groups excluding carboxylic acids is 1.